The van der Waals surface area contributed by atoms with Crippen molar-refractivity contribution in [1.82, 2.24) is 0 Å². The highest BCUT2D eigenvalue weighted by Gasteiger charge is 2.07. The van der Waals surface area contributed by atoms with E-state index in [9.17, 15) is 0 Å². The van der Waals surface area contributed by atoms with Gasteiger partial charge in [0.15, 0.2) is 0 Å². The van der Waals surface area contributed by atoms with Crippen LogP contribution in [0.5, 0.6) is 0 Å². The van der Waals surface area contributed by atoms with Crippen LogP contribution in [0.25, 0.3) is 0 Å². The molecule has 0 amide bonds. The summed E-state index contributed by atoms with van der Waals surface area (Å²) in [5.74, 6) is 1.62. The van der Waals surface area contributed by atoms with Gasteiger partial charge in [-0.1, -0.05) is 52.7 Å². The van der Waals surface area contributed by atoms with E-state index in [1.54, 1.807) is 0 Å². The average Bonchev–Trinajstić information content (AvgIpc) is 2.04. The number of unbranched alkanes of at least 4 members (excludes halogenated alkanes) is 1. The Bertz CT molecular complexity index is 111. The van der Waals surface area contributed by atoms with Crippen molar-refractivity contribution in [3.63, 3.8) is 0 Å². The van der Waals surface area contributed by atoms with Crippen molar-refractivity contribution in [2.75, 3.05) is 0 Å². The van der Waals surface area contributed by atoms with Crippen molar-refractivity contribution >= 4 is 0 Å². The zero-order valence-electron chi connectivity index (χ0n) is 9.14. The van der Waals surface area contributed by atoms with Crippen molar-refractivity contribution in [1.29, 1.82) is 0 Å². The maximum Gasteiger partial charge on any atom is -0.0210 e. The normalized spacial score (nSPS) is 14.4. The molecule has 0 bridgehead atoms. The van der Waals surface area contributed by atoms with Crippen LogP contribution in [0, 0.1) is 11.8 Å². The fourth-order valence-electron chi connectivity index (χ4n) is 1.40. The fourth-order valence-corrected chi connectivity index (χ4v) is 1.40. The van der Waals surface area contributed by atoms with Gasteiger partial charge in [0.05, 0.1) is 0 Å². The summed E-state index contributed by atoms with van der Waals surface area (Å²) >= 11 is 0. The lowest BCUT2D eigenvalue weighted by atomic mass is 9.90. The highest BCUT2D eigenvalue weighted by atomic mass is 14.1. The first-order chi connectivity index (χ1) is 5.72. The van der Waals surface area contributed by atoms with Crippen LogP contribution in [0.15, 0.2) is 12.2 Å². The first kappa shape index (κ1) is 11.7. The van der Waals surface area contributed by atoms with Crippen LogP contribution in [-0.2, 0) is 0 Å². The van der Waals surface area contributed by atoms with Crippen LogP contribution in [0.4, 0.5) is 0 Å². The lowest BCUT2D eigenvalue weighted by Crippen LogP contribution is -2.05. The van der Waals surface area contributed by atoms with Crippen LogP contribution in [0.2, 0.25) is 0 Å². The molecule has 0 fully saturated rings. The quantitative estimate of drug-likeness (QED) is 0.515. The van der Waals surface area contributed by atoms with Gasteiger partial charge in [-0.15, -0.1) is 0 Å². The van der Waals surface area contributed by atoms with E-state index < -0.39 is 0 Å². The maximum atomic E-state index is 2.40. The molecule has 0 rings (SSSR count). The first-order valence-corrected chi connectivity index (χ1v) is 5.39. The minimum absolute atomic E-state index is 0.805. The molecule has 1 atom stereocenters. The van der Waals surface area contributed by atoms with Gasteiger partial charge in [-0.2, -0.15) is 0 Å². The zero-order chi connectivity index (χ0) is 9.40. The maximum absolute atomic E-state index is 2.40. The minimum Gasteiger partial charge on any atom is -0.0885 e. The Labute approximate surface area is 78.1 Å². The molecule has 12 heavy (non-hydrogen) atoms. The van der Waals surface area contributed by atoms with Crippen molar-refractivity contribution < 1.29 is 0 Å². The zero-order valence-corrected chi connectivity index (χ0v) is 9.14. The van der Waals surface area contributed by atoms with Crippen molar-refractivity contribution in [3.05, 3.63) is 12.2 Å². The molecule has 0 heterocycles. The molecule has 0 spiro atoms. The summed E-state index contributed by atoms with van der Waals surface area (Å²) in [6.45, 7) is 9.11. The third-order valence-electron chi connectivity index (χ3n) is 2.37. The Kier molecular flexibility index (Phi) is 7.23. The van der Waals surface area contributed by atoms with Gasteiger partial charge >= 0.3 is 0 Å². The molecule has 0 saturated heterocycles. The monoisotopic (exact) mass is 168 g/mol. The smallest absolute Gasteiger partial charge is 0.0210 e. The van der Waals surface area contributed by atoms with E-state index in [1.807, 2.05) is 0 Å². The SMILES string of the molecule is CCC=CC(CCCC)C(C)C. The van der Waals surface area contributed by atoms with Gasteiger partial charge < -0.3 is 0 Å². The topological polar surface area (TPSA) is 0 Å². The van der Waals surface area contributed by atoms with Crippen LogP contribution >= 0.6 is 0 Å². The number of allylic oxidation sites excluding steroid dienone is 2. The average molecular weight is 168 g/mol. The Morgan fingerprint density at radius 1 is 1.17 bits per heavy atom. The van der Waals surface area contributed by atoms with E-state index in [-0.39, 0.29) is 0 Å². The molecule has 1 unspecified atom stereocenters. The van der Waals surface area contributed by atoms with Gasteiger partial charge in [0.25, 0.3) is 0 Å². The minimum atomic E-state index is 0.805. The highest BCUT2D eigenvalue weighted by molar-refractivity contribution is 4.88. The molecule has 0 aliphatic heterocycles. The van der Waals surface area contributed by atoms with Crippen molar-refractivity contribution in [2.45, 2.75) is 53.4 Å². The van der Waals surface area contributed by atoms with Gasteiger partial charge in [-0.3, -0.25) is 0 Å². The summed E-state index contributed by atoms with van der Waals surface area (Å²) < 4.78 is 0. The highest BCUT2D eigenvalue weighted by Crippen LogP contribution is 2.19. The van der Waals surface area contributed by atoms with Gasteiger partial charge in [-0.25, -0.2) is 0 Å². The Morgan fingerprint density at radius 2 is 1.83 bits per heavy atom. The van der Waals surface area contributed by atoms with Crippen LogP contribution in [-0.4, -0.2) is 0 Å². The molecule has 0 aliphatic rings. The van der Waals surface area contributed by atoms with Gasteiger partial charge in [0.1, 0.15) is 0 Å². The van der Waals surface area contributed by atoms with E-state index >= 15 is 0 Å². The molecule has 0 aromatic carbocycles. The summed E-state index contributed by atoms with van der Waals surface area (Å²) in [6, 6.07) is 0. The second-order valence-corrected chi connectivity index (χ2v) is 3.89. The van der Waals surface area contributed by atoms with E-state index in [0.29, 0.717) is 0 Å². The molecule has 0 N–H and O–H groups in total. The van der Waals surface area contributed by atoms with Crippen LogP contribution in [0.1, 0.15) is 53.4 Å². The third-order valence-corrected chi connectivity index (χ3v) is 2.37. The Morgan fingerprint density at radius 3 is 2.25 bits per heavy atom. The molecule has 0 aromatic rings. The molecule has 0 aromatic heterocycles. The summed E-state index contributed by atoms with van der Waals surface area (Å²) in [6.07, 6.45) is 9.95. The Balaban J connectivity index is 3.78. The van der Waals surface area contributed by atoms with E-state index in [4.69, 9.17) is 0 Å². The summed E-state index contributed by atoms with van der Waals surface area (Å²) in [4.78, 5) is 0. The molecule has 72 valence electrons. The molecule has 0 saturated carbocycles. The van der Waals surface area contributed by atoms with Gasteiger partial charge in [0.2, 0.25) is 0 Å². The third kappa shape index (κ3) is 5.40. The molecular weight excluding hydrogens is 144 g/mol. The number of hydrogen-bond acceptors (Lipinski definition) is 0. The first-order valence-electron chi connectivity index (χ1n) is 5.39. The second-order valence-electron chi connectivity index (χ2n) is 3.89. The molecular formula is C12H24. The van der Waals surface area contributed by atoms with E-state index in [2.05, 4.69) is 39.8 Å². The number of rotatable bonds is 6. The second kappa shape index (κ2) is 7.39. The van der Waals surface area contributed by atoms with Crippen LogP contribution < -0.4 is 0 Å². The molecule has 0 nitrogen and oxygen atoms in total. The fraction of sp³-hybridized carbons (Fsp3) is 0.833. The number of hydrogen-bond donors (Lipinski definition) is 0. The van der Waals surface area contributed by atoms with Crippen molar-refractivity contribution in [3.8, 4) is 0 Å². The predicted molar refractivity (Wildman–Crippen MR) is 57.3 cm³/mol. The van der Waals surface area contributed by atoms with Gasteiger partial charge in [-0.05, 0) is 24.7 Å². The van der Waals surface area contributed by atoms with Crippen molar-refractivity contribution in [2.24, 2.45) is 11.8 Å². The lowest BCUT2D eigenvalue weighted by Gasteiger charge is -2.16. The molecule has 0 radical (unpaired) electrons. The van der Waals surface area contributed by atoms with E-state index in [1.165, 1.54) is 25.7 Å². The Hall–Kier alpha value is -0.260. The van der Waals surface area contributed by atoms with E-state index in [0.717, 1.165) is 11.8 Å². The standard InChI is InChI=1S/C12H24/c1-5-7-9-12(11(3)4)10-8-6-2/h7,9,11-12H,5-6,8,10H2,1-4H3. The summed E-state index contributed by atoms with van der Waals surface area (Å²) in [7, 11) is 0. The summed E-state index contributed by atoms with van der Waals surface area (Å²) in [5.41, 5.74) is 0. The lowest BCUT2D eigenvalue weighted by molar-refractivity contribution is 0.422. The largest absolute Gasteiger partial charge is 0.0885 e. The molecule has 0 aliphatic carbocycles. The van der Waals surface area contributed by atoms with Gasteiger partial charge in [0, 0.05) is 0 Å². The molecule has 0 heteroatoms. The summed E-state index contributed by atoms with van der Waals surface area (Å²) in [5, 5.41) is 0. The van der Waals surface area contributed by atoms with Crippen LogP contribution in [0.3, 0.4) is 0 Å². The predicted octanol–water partition coefficient (Wildman–Crippen LogP) is 4.42.